The highest BCUT2D eigenvalue weighted by Gasteiger charge is 2.57. The fourth-order valence-electron chi connectivity index (χ4n) is 7.25. The zero-order chi connectivity index (χ0) is 16.9. The molecule has 0 spiro atoms. The normalized spacial score (nSPS) is 50.5. The van der Waals surface area contributed by atoms with E-state index in [9.17, 15) is 4.79 Å². The van der Waals surface area contributed by atoms with Crippen LogP contribution in [0.2, 0.25) is 0 Å². The summed E-state index contributed by atoms with van der Waals surface area (Å²) in [5, 5.41) is 0. The van der Waals surface area contributed by atoms with Crippen molar-refractivity contribution >= 4 is 6.29 Å². The van der Waals surface area contributed by atoms with Gasteiger partial charge in [-0.3, -0.25) is 0 Å². The van der Waals surface area contributed by atoms with Crippen LogP contribution >= 0.6 is 0 Å². The van der Waals surface area contributed by atoms with Crippen LogP contribution in [0.15, 0.2) is 11.6 Å². The number of rotatable bonds is 3. The molecule has 3 fully saturated rings. The van der Waals surface area contributed by atoms with Gasteiger partial charge in [-0.1, -0.05) is 32.4 Å². The van der Waals surface area contributed by atoms with E-state index in [1.54, 1.807) is 5.57 Å². The Kier molecular flexibility index (Phi) is 4.18. The van der Waals surface area contributed by atoms with Crippen molar-refractivity contribution in [2.75, 3.05) is 6.61 Å². The van der Waals surface area contributed by atoms with Gasteiger partial charge in [-0.05, 0) is 85.9 Å². The molecule has 2 nitrogen and oxygen atoms in total. The third-order valence-corrected chi connectivity index (χ3v) is 8.92. The van der Waals surface area contributed by atoms with Gasteiger partial charge < -0.3 is 9.53 Å². The maximum atomic E-state index is 10.6. The third kappa shape index (κ3) is 2.35. The van der Waals surface area contributed by atoms with E-state index in [-0.39, 0.29) is 12.7 Å². The van der Waals surface area contributed by atoms with Gasteiger partial charge in [-0.15, -0.1) is 0 Å². The minimum absolute atomic E-state index is 0.176. The molecule has 0 N–H and O–H groups in total. The zero-order valence-corrected chi connectivity index (χ0v) is 15.7. The minimum Gasteiger partial charge on any atom is -0.367 e. The smallest absolute Gasteiger partial charge is 0.145 e. The molecule has 0 amide bonds. The molecule has 4 rings (SSSR count). The lowest BCUT2D eigenvalue weighted by atomic mass is 9.47. The monoisotopic (exact) mass is 330 g/mol. The van der Waals surface area contributed by atoms with Crippen molar-refractivity contribution < 1.29 is 9.53 Å². The fraction of sp³-hybridized carbons (Fsp3) is 0.864. The van der Waals surface area contributed by atoms with Gasteiger partial charge in [0.1, 0.15) is 12.9 Å². The molecule has 0 aromatic carbocycles. The first-order chi connectivity index (χ1) is 11.5. The molecular weight excluding hydrogens is 296 g/mol. The Morgan fingerprint density at radius 3 is 2.75 bits per heavy atom. The van der Waals surface area contributed by atoms with Gasteiger partial charge in [-0.25, -0.2) is 0 Å². The summed E-state index contributed by atoms with van der Waals surface area (Å²) in [5.74, 6) is 3.71. The molecular formula is C22H34O2. The standard InChI is InChI=1S/C22H34O2/c1-15-4-7-19-18-6-5-16-14-17(24-13-12-23)8-10-22(16,3)20(18)9-11-21(15,19)2/h12,14-15,17-20H,4-11,13H2,1-3H3/t15?,17-,18?,19?,20?,21?,22?/m1/s1. The van der Waals surface area contributed by atoms with E-state index < -0.39 is 0 Å². The van der Waals surface area contributed by atoms with Crippen molar-refractivity contribution in [3.63, 3.8) is 0 Å². The average molecular weight is 331 g/mol. The summed E-state index contributed by atoms with van der Waals surface area (Å²) in [6, 6.07) is 0. The highest BCUT2D eigenvalue weighted by Crippen LogP contribution is 2.66. The van der Waals surface area contributed by atoms with Gasteiger partial charge in [0.2, 0.25) is 0 Å². The van der Waals surface area contributed by atoms with E-state index in [1.165, 1.54) is 44.9 Å². The summed E-state index contributed by atoms with van der Waals surface area (Å²) in [4.78, 5) is 10.6. The Morgan fingerprint density at radius 1 is 1.12 bits per heavy atom. The summed E-state index contributed by atoms with van der Waals surface area (Å²) in [6.07, 6.45) is 14.2. The number of hydrogen-bond donors (Lipinski definition) is 0. The Hall–Kier alpha value is -0.630. The van der Waals surface area contributed by atoms with Gasteiger partial charge >= 0.3 is 0 Å². The van der Waals surface area contributed by atoms with E-state index in [4.69, 9.17) is 4.74 Å². The Balaban J connectivity index is 1.57. The minimum atomic E-state index is 0.176. The van der Waals surface area contributed by atoms with Crippen molar-refractivity contribution in [2.24, 2.45) is 34.5 Å². The van der Waals surface area contributed by atoms with Gasteiger partial charge in [0.05, 0.1) is 6.10 Å². The van der Waals surface area contributed by atoms with Crippen molar-refractivity contribution in [2.45, 2.75) is 78.2 Å². The highest BCUT2D eigenvalue weighted by atomic mass is 16.5. The summed E-state index contributed by atoms with van der Waals surface area (Å²) in [5.41, 5.74) is 2.67. The number of allylic oxidation sites excluding steroid dienone is 1. The molecule has 4 aliphatic carbocycles. The van der Waals surface area contributed by atoms with Gasteiger partial charge in [-0.2, -0.15) is 0 Å². The van der Waals surface area contributed by atoms with Crippen LogP contribution < -0.4 is 0 Å². The molecule has 4 aliphatic rings. The van der Waals surface area contributed by atoms with Crippen LogP contribution in [0, 0.1) is 34.5 Å². The third-order valence-electron chi connectivity index (χ3n) is 8.92. The molecule has 0 bridgehead atoms. The van der Waals surface area contributed by atoms with Gasteiger partial charge in [0.15, 0.2) is 0 Å². The number of aldehydes is 1. The van der Waals surface area contributed by atoms with Crippen LogP contribution in [0.1, 0.15) is 72.1 Å². The van der Waals surface area contributed by atoms with Crippen LogP contribution in [-0.2, 0) is 9.53 Å². The lowest BCUT2D eigenvalue weighted by Crippen LogP contribution is -2.50. The number of carbonyl (C=O) groups is 1. The summed E-state index contributed by atoms with van der Waals surface area (Å²) < 4.78 is 5.72. The van der Waals surface area contributed by atoms with Gasteiger partial charge in [0, 0.05) is 0 Å². The second-order valence-electron chi connectivity index (χ2n) is 9.62. The lowest BCUT2D eigenvalue weighted by molar-refractivity contribution is -0.113. The second-order valence-corrected chi connectivity index (χ2v) is 9.62. The molecule has 24 heavy (non-hydrogen) atoms. The van der Waals surface area contributed by atoms with Crippen molar-refractivity contribution in [3.05, 3.63) is 11.6 Å². The quantitative estimate of drug-likeness (QED) is 0.527. The number of hydrogen-bond acceptors (Lipinski definition) is 2. The molecule has 0 saturated heterocycles. The van der Waals surface area contributed by atoms with Crippen molar-refractivity contribution in [1.29, 1.82) is 0 Å². The largest absolute Gasteiger partial charge is 0.367 e. The van der Waals surface area contributed by atoms with Gasteiger partial charge in [0.25, 0.3) is 0 Å². The predicted octanol–water partition coefficient (Wildman–Crippen LogP) is 5.17. The summed E-state index contributed by atoms with van der Waals surface area (Å²) in [6.45, 7) is 7.90. The molecule has 6 unspecified atom stereocenters. The van der Waals surface area contributed by atoms with Crippen LogP contribution in [0.4, 0.5) is 0 Å². The molecule has 3 saturated carbocycles. The van der Waals surface area contributed by atoms with Crippen molar-refractivity contribution in [1.82, 2.24) is 0 Å². The summed E-state index contributed by atoms with van der Waals surface area (Å²) in [7, 11) is 0. The van der Waals surface area contributed by atoms with Crippen LogP contribution in [0.5, 0.6) is 0 Å². The second kappa shape index (κ2) is 5.97. The fourth-order valence-corrected chi connectivity index (χ4v) is 7.25. The molecule has 0 aromatic heterocycles. The maximum absolute atomic E-state index is 10.6. The topological polar surface area (TPSA) is 26.3 Å². The first-order valence-electron chi connectivity index (χ1n) is 10.3. The number of fused-ring (bicyclic) bond motifs is 5. The molecule has 2 heteroatoms. The molecule has 0 heterocycles. The van der Waals surface area contributed by atoms with Crippen LogP contribution in [0.3, 0.4) is 0 Å². The van der Waals surface area contributed by atoms with E-state index in [0.29, 0.717) is 10.8 Å². The molecule has 7 atom stereocenters. The molecule has 0 aliphatic heterocycles. The predicted molar refractivity (Wildman–Crippen MR) is 96.7 cm³/mol. The SMILES string of the molecule is CC1CCC2C3CCC4=C[C@H](OCC=O)CCC4(C)C3CCC12C. The molecule has 0 aromatic rings. The van der Waals surface area contributed by atoms with E-state index in [1.807, 2.05) is 0 Å². The first-order valence-corrected chi connectivity index (χ1v) is 10.3. The van der Waals surface area contributed by atoms with E-state index >= 15 is 0 Å². The van der Waals surface area contributed by atoms with E-state index in [2.05, 4.69) is 26.8 Å². The maximum Gasteiger partial charge on any atom is 0.145 e. The molecule has 0 radical (unpaired) electrons. The summed E-state index contributed by atoms with van der Waals surface area (Å²) >= 11 is 0. The lowest BCUT2D eigenvalue weighted by Gasteiger charge is -2.58. The highest BCUT2D eigenvalue weighted by molar-refractivity contribution is 5.50. The molecule has 134 valence electrons. The zero-order valence-electron chi connectivity index (χ0n) is 15.7. The first kappa shape index (κ1) is 16.8. The van der Waals surface area contributed by atoms with Crippen molar-refractivity contribution in [3.8, 4) is 0 Å². The number of carbonyl (C=O) groups excluding carboxylic acids is 1. The Labute approximate surface area is 147 Å². The van der Waals surface area contributed by atoms with Crippen LogP contribution in [-0.4, -0.2) is 19.0 Å². The Morgan fingerprint density at radius 2 is 1.96 bits per heavy atom. The Bertz CT molecular complexity index is 538. The average Bonchev–Trinajstić information content (AvgIpc) is 2.88. The van der Waals surface area contributed by atoms with Crippen LogP contribution in [0.25, 0.3) is 0 Å². The van der Waals surface area contributed by atoms with E-state index in [0.717, 1.165) is 36.4 Å². The number of ether oxygens (including phenoxy) is 1.